The number of unbranched alkanes of at least 4 members (excludes halogenated alkanes) is 7. The van der Waals surface area contributed by atoms with Crippen LogP contribution in [-0.4, -0.2) is 12.6 Å². The standard InChI is InChI=1S/C17H35N/c1-3-4-5-6-7-8-9-10-12-16(2)15-18-17-13-11-14-17/h16-18H,3-15H2,1-2H3. The van der Waals surface area contributed by atoms with E-state index in [0.717, 1.165) is 12.0 Å². The van der Waals surface area contributed by atoms with Gasteiger partial charge in [0.1, 0.15) is 0 Å². The summed E-state index contributed by atoms with van der Waals surface area (Å²) in [6.07, 6.45) is 17.3. The van der Waals surface area contributed by atoms with Crippen molar-refractivity contribution in [3.8, 4) is 0 Å². The van der Waals surface area contributed by atoms with Crippen LogP contribution in [0.4, 0.5) is 0 Å². The molecule has 108 valence electrons. The number of hydrogen-bond acceptors (Lipinski definition) is 1. The Bertz CT molecular complexity index is 174. The molecule has 1 saturated carbocycles. The van der Waals surface area contributed by atoms with Crippen LogP contribution in [0.15, 0.2) is 0 Å². The van der Waals surface area contributed by atoms with Crippen molar-refractivity contribution in [1.29, 1.82) is 0 Å². The van der Waals surface area contributed by atoms with Crippen LogP contribution in [0.3, 0.4) is 0 Å². The van der Waals surface area contributed by atoms with Crippen LogP contribution in [0.25, 0.3) is 0 Å². The summed E-state index contributed by atoms with van der Waals surface area (Å²) in [6, 6.07) is 0.867. The molecular formula is C17H35N. The largest absolute Gasteiger partial charge is 0.314 e. The van der Waals surface area contributed by atoms with Crippen molar-refractivity contribution in [2.75, 3.05) is 6.54 Å². The Morgan fingerprint density at radius 3 is 2.11 bits per heavy atom. The molecule has 1 nitrogen and oxygen atoms in total. The van der Waals surface area contributed by atoms with Crippen LogP contribution < -0.4 is 5.32 Å². The highest BCUT2D eigenvalue weighted by molar-refractivity contribution is 4.76. The molecule has 18 heavy (non-hydrogen) atoms. The van der Waals surface area contributed by atoms with Crippen molar-refractivity contribution < 1.29 is 0 Å². The number of rotatable bonds is 12. The second-order valence-corrected chi connectivity index (χ2v) is 6.40. The zero-order valence-corrected chi connectivity index (χ0v) is 12.8. The van der Waals surface area contributed by atoms with Crippen LogP contribution in [0, 0.1) is 5.92 Å². The molecule has 0 aromatic carbocycles. The average Bonchev–Trinajstić information content (AvgIpc) is 2.30. The maximum atomic E-state index is 3.69. The molecule has 0 heterocycles. The Morgan fingerprint density at radius 2 is 1.56 bits per heavy atom. The summed E-state index contributed by atoms with van der Waals surface area (Å²) in [5.41, 5.74) is 0. The van der Waals surface area contributed by atoms with Crippen LogP contribution in [0.5, 0.6) is 0 Å². The molecular weight excluding hydrogens is 218 g/mol. The Kier molecular flexibility index (Phi) is 9.65. The lowest BCUT2D eigenvalue weighted by molar-refractivity contribution is 0.314. The van der Waals surface area contributed by atoms with Gasteiger partial charge in [0.2, 0.25) is 0 Å². The number of nitrogens with one attached hydrogen (secondary N) is 1. The monoisotopic (exact) mass is 253 g/mol. The third-order valence-electron chi connectivity index (χ3n) is 4.41. The van der Waals surface area contributed by atoms with E-state index in [4.69, 9.17) is 0 Å². The van der Waals surface area contributed by atoms with Gasteiger partial charge in [-0.25, -0.2) is 0 Å². The third-order valence-corrected chi connectivity index (χ3v) is 4.41. The second-order valence-electron chi connectivity index (χ2n) is 6.40. The molecule has 0 radical (unpaired) electrons. The lowest BCUT2D eigenvalue weighted by atomic mass is 9.92. The highest BCUT2D eigenvalue weighted by Crippen LogP contribution is 2.19. The van der Waals surface area contributed by atoms with Gasteiger partial charge in [-0.2, -0.15) is 0 Å². The van der Waals surface area contributed by atoms with Crippen LogP contribution >= 0.6 is 0 Å². The van der Waals surface area contributed by atoms with Crippen molar-refractivity contribution in [3.63, 3.8) is 0 Å². The Labute approximate surface area is 115 Å². The van der Waals surface area contributed by atoms with Crippen molar-refractivity contribution in [3.05, 3.63) is 0 Å². The van der Waals surface area contributed by atoms with Crippen LogP contribution in [0.1, 0.15) is 90.9 Å². The molecule has 1 aliphatic rings. The summed E-state index contributed by atoms with van der Waals surface area (Å²) in [5, 5.41) is 3.69. The quantitative estimate of drug-likeness (QED) is 0.466. The Balaban J connectivity index is 1.76. The molecule has 1 fully saturated rings. The fraction of sp³-hybridized carbons (Fsp3) is 1.00. The van der Waals surface area contributed by atoms with Gasteiger partial charge in [0.25, 0.3) is 0 Å². The molecule has 1 heteroatoms. The summed E-state index contributed by atoms with van der Waals surface area (Å²) in [4.78, 5) is 0. The summed E-state index contributed by atoms with van der Waals surface area (Å²) >= 11 is 0. The van der Waals surface area contributed by atoms with Gasteiger partial charge < -0.3 is 5.32 Å². The molecule has 0 aromatic rings. The Hall–Kier alpha value is -0.0400. The predicted octanol–water partition coefficient (Wildman–Crippen LogP) is 5.30. The molecule has 1 aliphatic carbocycles. The summed E-state index contributed by atoms with van der Waals surface area (Å²) in [7, 11) is 0. The van der Waals surface area contributed by atoms with E-state index in [2.05, 4.69) is 19.2 Å². The first kappa shape index (κ1) is 16.0. The van der Waals surface area contributed by atoms with Gasteiger partial charge in [-0.15, -0.1) is 0 Å². The van der Waals surface area contributed by atoms with Gasteiger partial charge in [0.15, 0.2) is 0 Å². The van der Waals surface area contributed by atoms with Gasteiger partial charge in [0.05, 0.1) is 0 Å². The van der Waals surface area contributed by atoms with E-state index >= 15 is 0 Å². The first-order valence-corrected chi connectivity index (χ1v) is 8.56. The Morgan fingerprint density at radius 1 is 0.944 bits per heavy atom. The van der Waals surface area contributed by atoms with Gasteiger partial charge in [-0.1, -0.05) is 71.6 Å². The van der Waals surface area contributed by atoms with Crippen LogP contribution in [0.2, 0.25) is 0 Å². The van der Waals surface area contributed by atoms with Gasteiger partial charge >= 0.3 is 0 Å². The minimum Gasteiger partial charge on any atom is -0.314 e. The van der Waals surface area contributed by atoms with E-state index in [1.54, 1.807) is 0 Å². The molecule has 1 rings (SSSR count). The zero-order chi connectivity index (χ0) is 13.1. The van der Waals surface area contributed by atoms with E-state index in [0.29, 0.717) is 0 Å². The third kappa shape index (κ3) is 8.13. The van der Waals surface area contributed by atoms with Gasteiger partial charge in [0, 0.05) is 6.04 Å². The first-order valence-electron chi connectivity index (χ1n) is 8.56. The van der Waals surface area contributed by atoms with E-state index < -0.39 is 0 Å². The van der Waals surface area contributed by atoms with Gasteiger partial charge in [-0.3, -0.25) is 0 Å². The predicted molar refractivity (Wildman–Crippen MR) is 82.0 cm³/mol. The summed E-state index contributed by atoms with van der Waals surface area (Å²) in [5.74, 6) is 0.880. The molecule has 0 bridgehead atoms. The summed E-state index contributed by atoms with van der Waals surface area (Å²) in [6.45, 7) is 5.95. The molecule has 1 atom stereocenters. The highest BCUT2D eigenvalue weighted by atomic mass is 14.9. The molecule has 0 saturated heterocycles. The lowest BCUT2D eigenvalue weighted by Gasteiger charge is -2.28. The summed E-state index contributed by atoms with van der Waals surface area (Å²) < 4.78 is 0. The molecule has 0 amide bonds. The topological polar surface area (TPSA) is 12.0 Å². The molecule has 1 N–H and O–H groups in total. The second kappa shape index (κ2) is 10.8. The maximum absolute atomic E-state index is 3.69. The molecule has 0 aliphatic heterocycles. The minimum absolute atomic E-state index is 0.867. The van der Waals surface area contributed by atoms with Crippen molar-refractivity contribution in [2.24, 2.45) is 5.92 Å². The minimum atomic E-state index is 0.867. The molecule has 0 spiro atoms. The van der Waals surface area contributed by atoms with Gasteiger partial charge in [-0.05, 0) is 31.7 Å². The SMILES string of the molecule is CCCCCCCCCCC(C)CNC1CCC1. The first-order chi connectivity index (χ1) is 8.83. The van der Waals surface area contributed by atoms with E-state index in [1.807, 2.05) is 0 Å². The molecule has 1 unspecified atom stereocenters. The molecule has 0 aromatic heterocycles. The normalized spacial score (nSPS) is 17.7. The van der Waals surface area contributed by atoms with E-state index in [-0.39, 0.29) is 0 Å². The van der Waals surface area contributed by atoms with Crippen molar-refractivity contribution >= 4 is 0 Å². The highest BCUT2D eigenvalue weighted by Gasteiger charge is 2.16. The maximum Gasteiger partial charge on any atom is 0.00671 e. The van der Waals surface area contributed by atoms with Crippen molar-refractivity contribution in [2.45, 2.75) is 96.9 Å². The fourth-order valence-corrected chi connectivity index (χ4v) is 2.71. The van der Waals surface area contributed by atoms with Crippen molar-refractivity contribution in [1.82, 2.24) is 5.32 Å². The van der Waals surface area contributed by atoms with Crippen LogP contribution in [-0.2, 0) is 0 Å². The fourth-order valence-electron chi connectivity index (χ4n) is 2.71. The van der Waals surface area contributed by atoms with E-state index in [1.165, 1.54) is 83.6 Å². The smallest absolute Gasteiger partial charge is 0.00671 e. The van der Waals surface area contributed by atoms with E-state index in [9.17, 15) is 0 Å². The average molecular weight is 253 g/mol. The zero-order valence-electron chi connectivity index (χ0n) is 12.8. The number of hydrogen-bond donors (Lipinski definition) is 1. The lowest BCUT2D eigenvalue weighted by Crippen LogP contribution is -2.37.